The number of aromatic nitrogens is 2. The van der Waals surface area contributed by atoms with E-state index in [9.17, 15) is 0 Å². The maximum atomic E-state index is 6.12. The fourth-order valence-electron chi connectivity index (χ4n) is 2.60. The van der Waals surface area contributed by atoms with E-state index in [1.807, 2.05) is 0 Å². The number of nitrogens with zero attached hydrogens (tertiary/aromatic N) is 2. The highest BCUT2D eigenvalue weighted by Crippen LogP contribution is 2.32. The van der Waals surface area contributed by atoms with E-state index in [0.29, 0.717) is 24.0 Å². The number of rotatable bonds is 7. The first-order chi connectivity index (χ1) is 9.64. The first kappa shape index (κ1) is 17.5. The Morgan fingerprint density at radius 1 is 1.19 bits per heavy atom. The van der Waals surface area contributed by atoms with Gasteiger partial charge in [-0.1, -0.05) is 34.1 Å². The lowest BCUT2D eigenvalue weighted by Crippen LogP contribution is -2.36. The fourth-order valence-corrected chi connectivity index (χ4v) is 2.60. The molecule has 0 amide bonds. The van der Waals surface area contributed by atoms with Gasteiger partial charge in [0.15, 0.2) is 5.82 Å². The van der Waals surface area contributed by atoms with E-state index in [1.54, 1.807) is 0 Å². The van der Waals surface area contributed by atoms with Gasteiger partial charge in [-0.15, -0.1) is 0 Å². The van der Waals surface area contributed by atoms with Gasteiger partial charge in [0.1, 0.15) is 12.0 Å². The highest BCUT2D eigenvalue weighted by atomic mass is 16.5. The lowest BCUT2D eigenvalue weighted by atomic mass is 9.82. The Labute approximate surface area is 128 Å². The summed E-state index contributed by atoms with van der Waals surface area (Å²) in [6, 6.07) is 0. The highest BCUT2D eigenvalue weighted by Gasteiger charge is 2.26. The van der Waals surface area contributed by atoms with Crippen molar-refractivity contribution in [1.82, 2.24) is 9.97 Å². The molecule has 0 atom stereocenters. The van der Waals surface area contributed by atoms with Gasteiger partial charge < -0.3 is 15.8 Å². The molecule has 21 heavy (non-hydrogen) atoms. The minimum Gasteiger partial charge on any atom is -0.476 e. The summed E-state index contributed by atoms with van der Waals surface area (Å²) in [7, 11) is 0. The number of unbranched alkanes of at least 4 members (excludes halogenated alkanes) is 1. The van der Waals surface area contributed by atoms with E-state index in [-0.39, 0.29) is 11.0 Å². The van der Waals surface area contributed by atoms with Gasteiger partial charge in [0.05, 0.1) is 6.61 Å². The van der Waals surface area contributed by atoms with Gasteiger partial charge in [-0.2, -0.15) is 4.98 Å². The van der Waals surface area contributed by atoms with E-state index in [4.69, 9.17) is 10.5 Å². The number of nitrogens with two attached hydrogens (primary N) is 1. The van der Waals surface area contributed by atoms with Crippen molar-refractivity contribution in [3.63, 3.8) is 0 Å². The monoisotopic (exact) mass is 294 g/mol. The van der Waals surface area contributed by atoms with Crippen LogP contribution in [-0.4, -0.2) is 22.1 Å². The molecule has 3 N–H and O–H groups in total. The summed E-state index contributed by atoms with van der Waals surface area (Å²) in [4.78, 5) is 8.37. The molecule has 1 rings (SSSR count). The molecule has 0 aromatic carbocycles. The number of anilines is 2. The third-order valence-corrected chi connectivity index (χ3v) is 3.01. The summed E-state index contributed by atoms with van der Waals surface area (Å²) >= 11 is 0. The first-order valence-electron chi connectivity index (χ1n) is 7.66. The van der Waals surface area contributed by atoms with Crippen LogP contribution in [0.2, 0.25) is 0 Å². The Balaban J connectivity index is 2.81. The molecule has 0 spiro atoms. The minimum atomic E-state index is -0.110. The molecule has 0 saturated heterocycles. The van der Waals surface area contributed by atoms with Crippen molar-refractivity contribution in [1.29, 1.82) is 0 Å². The molecule has 0 unspecified atom stereocenters. The molecule has 5 nitrogen and oxygen atoms in total. The summed E-state index contributed by atoms with van der Waals surface area (Å²) < 4.78 is 5.62. The number of ether oxygens (including phenoxy) is 1. The molecular formula is C16H30N4O. The standard InChI is InChI=1S/C16H30N4O/c1-7-8-9-21-14-12(17)13(18-11-19-14)20-16(5,6)10-15(2,3)4/h11H,7-10,17H2,1-6H3,(H,18,19,20). The van der Waals surface area contributed by atoms with Gasteiger partial charge in [-0.05, 0) is 32.1 Å². The predicted octanol–water partition coefficient (Wildman–Crippen LogP) is 3.86. The second kappa shape index (κ2) is 6.96. The van der Waals surface area contributed by atoms with Crippen LogP contribution in [-0.2, 0) is 0 Å². The van der Waals surface area contributed by atoms with Gasteiger partial charge in [-0.3, -0.25) is 0 Å². The normalized spacial score (nSPS) is 12.3. The molecule has 0 fully saturated rings. The van der Waals surface area contributed by atoms with Crippen molar-refractivity contribution in [2.45, 2.75) is 66.3 Å². The lowest BCUT2D eigenvalue weighted by Gasteiger charge is -2.34. The molecule has 120 valence electrons. The number of nitrogens with one attached hydrogen (secondary N) is 1. The highest BCUT2D eigenvalue weighted by molar-refractivity contribution is 5.67. The second-order valence-corrected chi connectivity index (χ2v) is 7.39. The van der Waals surface area contributed by atoms with Crippen molar-refractivity contribution in [2.24, 2.45) is 5.41 Å². The van der Waals surface area contributed by atoms with E-state index in [1.165, 1.54) is 6.33 Å². The number of hydrogen-bond acceptors (Lipinski definition) is 5. The van der Waals surface area contributed by atoms with Crippen LogP contribution in [0.1, 0.15) is 60.8 Å². The average Bonchev–Trinajstić information content (AvgIpc) is 2.30. The van der Waals surface area contributed by atoms with E-state index in [0.717, 1.165) is 19.3 Å². The largest absolute Gasteiger partial charge is 0.476 e. The Morgan fingerprint density at radius 2 is 1.86 bits per heavy atom. The Kier molecular flexibility index (Phi) is 5.81. The van der Waals surface area contributed by atoms with Gasteiger partial charge in [0, 0.05) is 5.54 Å². The van der Waals surface area contributed by atoms with Crippen LogP contribution in [0.5, 0.6) is 5.88 Å². The van der Waals surface area contributed by atoms with Gasteiger partial charge >= 0.3 is 0 Å². The zero-order chi connectivity index (χ0) is 16.1. The maximum absolute atomic E-state index is 6.12. The Morgan fingerprint density at radius 3 is 2.43 bits per heavy atom. The maximum Gasteiger partial charge on any atom is 0.242 e. The van der Waals surface area contributed by atoms with E-state index in [2.05, 4.69) is 56.8 Å². The molecule has 0 saturated carbocycles. The van der Waals surface area contributed by atoms with Crippen molar-refractivity contribution in [3.8, 4) is 5.88 Å². The molecule has 0 aliphatic carbocycles. The molecule has 1 heterocycles. The summed E-state index contributed by atoms with van der Waals surface area (Å²) in [5.74, 6) is 1.11. The van der Waals surface area contributed by atoms with Crippen LogP contribution in [0, 0.1) is 5.41 Å². The number of hydrogen-bond donors (Lipinski definition) is 2. The summed E-state index contributed by atoms with van der Waals surface area (Å²) in [5, 5.41) is 3.42. The Bertz CT molecular complexity index is 452. The van der Waals surface area contributed by atoms with Crippen LogP contribution in [0.15, 0.2) is 6.33 Å². The third kappa shape index (κ3) is 6.19. The smallest absolute Gasteiger partial charge is 0.242 e. The summed E-state index contributed by atoms with van der Waals surface area (Å²) in [6.45, 7) is 13.7. The molecule has 0 aliphatic rings. The van der Waals surface area contributed by atoms with Crippen molar-refractivity contribution >= 4 is 11.5 Å². The average molecular weight is 294 g/mol. The minimum absolute atomic E-state index is 0.110. The van der Waals surface area contributed by atoms with E-state index >= 15 is 0 Å². The van der Waals surface area contributed by atoms with Crippen LogP contribution in [0.3, 0.4) is 0 Å². The Hall–Kier alpha value is -1.52. The molecule has 0 bridgehead atoms. The summed E-state index contributed by atoms with van der Waals surface area (Å²) in [6.07, 6.45) is 4.55. The van der Waals surface area contributed by atoms with Crippen LogP contribution in [0.25, 0.3) is 0 Å². The SMILES string of the molecule is CCCCOc1ncnc(NC(C)(C)CC(C)(C)C)c1N. The molecular weight excluding hydrogens is 264 g/mol. The second-order valence-electron chi connectivity index (χ2n) is 7.39. The predicted molar refractivity (Wildman–Crippen MR) is 88.6 cm³/mol. The zero-order valence-corrected chi connectivity index (χ0v) is 14.3. The lowest BCUT2D eigenvalue weighted by molar-refractivity contribution is 0.297. The molecule has 1 aromatic rings. The molecule has 0 aliphatic heterocycles. The van der Waals surface area contributed by atoms with Crippen molar-refractivity contribution < 1.29 is 4.74 Å². The van der Waals surface area contributed by atoms with Crippen LogP contribution < -0.4 is 15.8 Å². The third-order valence-electron chi connectivity index (χ3n) is 3.01. The quantitative estimate of drug-likeness (QED) is 0.747. The summed E-state index contributed by atoms with van der Waals surface area (Å²) in [5.41, 5.74) is 6.72. The van der Waals surface area contributed by atoms with Crippen molar-refractivity contribution in [2.75, 3.05) is 17.7 Å². The molecule has 1 aromatic heterocycles. The topological polar surface area (TPSA) is 73.1 Å². The number of nitrogen functional groups attached to an aromatic ring is 1. The first-order valence-corrected chi connectivity index (χ1v) is 7.66. The van der Waals surface area contributed by atoms with E-state index < -0.39 is 0 Å². The van der Waals surface area contributed by atoms with Crippen LogP contribution >= 0.6 is 0 Å². The van der Waals surface area contributed by atoms with Gasteiger partial charge in [0.25, 0.3) is 0 Å². The fraction of sp³-hybridized carbons (Fsp3) is 0.750. The zero-order valence-electron chi connectivity index (χ0n) is 14.3. The van der Waals surface area contributed by atoms with Gasteiger partial charge in [-0.25, -0.2) is 4.98 Å². The van der Waals surface area contributed by atoms with Crippen molar-refractivity contribution in [3.05, 3.63) is 6.33 Å². The van der Waals surface area contributed by atoms with Crippen LogP contribution in [0.4, 0.5) is 11.5 Å². The van der Waals surface area contributed by atoms with Gasteiger partial charge in [0.2, 0.25) is 5.88 Å². The molecule has 5 heteroatoms. The molecule has 0 radical (unpaired) electrons.